The van der Waals surface area contributed by atoms with Gasteiger partial charge in [-0.15, -0.1) is 11.3 Å². The van der Waals surface area contributed by atoms with Crippen LogP contribution in [0.15, 0.2) is 30.3 Å². The molecule has 0 unspecified atom stereocenters. The second-order valence-electron chi connectivity index (χ2n) is 10.1. The Morgan fingerprint density at radius 3 is 2.14 bits per heavy atom. The Kier molecular flexibility index (Phi) is 8.46. The van der Waals surface area contributed by atoms with E-state index in [0.717, 1.165) is 28.6 Å². The Morgan fingerprint density at radius 1 is 1.03 bits per heavy atom. The number of nitrogens with zero attached hydrogens (tertiary/aromatic N) is 4. The van der Waals surface area contributed by atoms with Gasteiger partial charge in [0.1, 0.15) is 0 Å². The van der Waals surface area contributed by atoms with E-state index in [1.54, 1.807) is 0 Å². The predicted octanol–water partition coefficient (Wildman–Crippen LogP) is 6.59. The van der Waals surface area contributed by atoms with E-state index in [1.807, 2.05) is 18.2 Å². The summed E-state index contributed by atoms with van der Waals surface area (Å²) < 4.78 is 5.82. The largest absolute Gasteiger partial charge is 0.352 e. The number of thiazole rings is 1. The minimum atomic E-state index is 0.106. The SMILES string of the molecule is Cc1cc(CN(C(=O)c2ccc3nc(Cl)sc3c2)C2CCCC2)c(C)n1C.Cc1cc(CN)c(C)n1C. The molecule has 0 radical (unpaired) electrons. The number of hydrogen-bond acceptors (Lipinski definition) is 4. The van der Waals surface area contributed by atoms with E-state index in [9.17, 15) is 4.79 Å². The maximum absolute atomic E-state index is 13.5. The van der Waals surface area contributed by atoms with Crippen molar-refractivity contribution in [2.75, 3.05) is 0 Å². The van der Waals surface area contributed by atoms with Gasteiger partial charge in [0.05, 0.1) is 10.2 Å². The number of carbonyl (C=O) groups excluding carboxylic acids is 1. The Labute approximate surface area is 229 Å². The molecule has 0 bridgehead atoms. The lowest BCUT2D eigenvalue weighted by atomic mass is 10.1. The maximum Gasteiger partial charge on any atom is 0.254 e. The van der Waals surface area contributed by atoms with Crippen molar-refractivity contribution in [2.24, 2.45) is 19.8 Å². The second kappa shape index (κ2) is 11.4. The number of rotatable bonds is 5. The third-order valence-corrected chi connectivity index (χ3v) is 9.08. The van der Waals surface area contributed by atoms with Gasteiger partial charge in [-0.05, 0) is 82.0 Å². The molecule has 1 aliphatic carbocycles. The lowest BCUT2D eigenvalue weighted by Gasteiger charge is -2.29. The zero-order chi connectivity index (χ0) is 26.9. The summed E-state index contributed by atoms with van der Waals surface area (Å²) in [7, 11) is 4.14. The summed E-state index contributed by atoms with van der Waals surface area (Å²) in [5.74, 6) is 0.106. The molecule has 3 heterocycles. The molecule has 1 fully saturated rings. The minimum absolute atomic E-state index is 0.106. The van der Waals surface area contributed by atoms with Gasteiger partial charge in [-0.2, -0.15) is 0 Å². The van der Waals surface area contributed by atoms with Gasteiger partial charge < -0.3 is 19.8 Å². The van der Waals surface area contributed by atoms with Crippen LogP contribution in [0.4, 0.5) is 0 Å². The summed E-state index contributed by atoms with van der Waals surface area (Å²) in [6.45, 7) is 9.73. The number of carbonyl (C=O) groups is 1. The highest BCUT2D eigenvalue weighted by Crippen LogP contribution is 2.30. The zero-order valence-corrected chi connectivity index (χ0v) is 24.3. The Bertz CT molecular complexity index is 1410. The lowest BCUT2D eigenvalue weighted by molar-refractivity contribution is 0.0664. The van der Waals surface area contributed by atoms with Crippen molar-refractivity contribution in [3.8, 4) is 0 Å². The number of aromatic nitrogens is 3. The molecule has 8 heteroatoms. The first-order chi connectivity index (χ1) is 17.6. The standard InChI is InChI=1S/C21H24ClN3OS.C8H14N2/c1-13-10-16(14(2)24(13)3)12-25(17-6-4-5-7-17)20(26)15-8-9-18-19(11-15)27-21(22)23-18;1-6-4-8(5-9)7(2)10(6)3/h8-11,17H,4-7,12H2,1-3H3;4H,5,9H2,1-3H3. The zero-order valence-electron chi connectivity index (χ0n) is 22.8. The third kappa shape index (κ3) is 5.79. The van der Waals surface area contributed by atoms with Gasteiger partial charge in [0.15, 0.2) is 4.47 Å². The topological polar surface area (TPSA) is 69.1 Å². The number of amides is 1. The summed E-state index contributed by atoms with van der Waals surface area (Å²) in [4.78, 5) is 19.8. The normalized spacial score (nSPS) is 13.7. The second-order valence-corrected chi connectivity index (χ2v) is 11.7. The van der Waals surface area contributed by atoms with E-state index in [1.165, 1.54) is 58.1 Å². The van der Waals surface area contributed by atoms with Crippen LogP contribution in [0.3, 0.4) is 0 Å². The van der Waals surface area contributed by atoms with Gasteiger partial charge >= 0.3 is 0 Å². The van der Waals surface area contributed by atoms with Crippen molar-refractivity contribution in [2.45, 2.75) is 72.5 Å². The molecule has 6 nitrogen and oxygen atoms in total. The molecular weight excluding hydrogens is 502 g/mol. The van der Waals surface area contributed by atoms with Crippen LogP contribution in [-0.4, -0.2) is 31.0 Å². The molecule has 1 saturated carbocycles. The molecule has 5 rings (SSSR count). The van der Waals surface area contributed by atoms with Crippen LogP contribution in [-0.2, 0) is 27.2 Å². The van der Waals surface area contributed by atoms with E-state index in [4.69, 9.17) is 17.3 Å². The van der Waals surface area contributed by atoms with Crippen molar-refractivity contribution in [1.82, 2.24) is 19.0 Å². The molecular formula is C29H38ClN5OS. The number of aryl methyl sites for hydroxylation is 2. The van der Waals surface area contributed by atoms with Crippen LogP contribution >= 0.6 is 22.9 Å². The van der Waals surface area contributed by atoms with E-state index in [0.29, 0.717) is 23.6 Å². The van der Waals surface area contributed by atoms with E-state index in [2.05, 4.69) is 72.9 Å². The molecule has 3 aromatic heterocycles. The fraction of sp³-hybridized carbons (Fsp3) is 0.448. The first kappa shape index (κ1) is 27.4. The lowest BCUT2D eigenvalue weighted by Crippen LogP contribution is -2.38. The molecule has 1 amide bonds. The van der Waals surface area contributed by atoms with Crippen LogP contribution in [0.25, 0.3) is 10.2 Å². The van der Waals surface area contributed by atoms with Crippen molar-refractivity contribution in [3.63, 3.8) is 0 Å². The van der Waals surface area contributed by atoms with Gasteiger partial charge in [0.25, 0.3) is 5.91 Å². The highest BCUT2D eigenvalue weighted by Gasteiger charge is 2.28. The molecule has 0 atom stereocenters. The fourth-order valence-electron chi connectivity index (χ4n) is 5.19. The average molecular weight is 540 g/mol. The Balaban J connectivity index is 0.000000270. The number of hydrogen-bond donors (Lipinski definition) is 1. The van der Waals surface area contributed by atoms with Crippen LogP contribution in [0.5, 0.6) is 0 Å². The highest BCUT2D eigenvalue weighted by molar-refractivity contribution is 7.22. The fourth-order valence-corrected chi connectivity index (χ4v) is 6.26. The van der Waals surface area contributed by atoms with Crippen molar-refractivity contribution in [1.29, 1.82) is 0 Å². The summed E-state index contributed by atoms with van der Waals surface area (Å²) in [6.07, 6.45) is 4.58. The number of benzene rings is 1. The smallest absolute Gasteiger partial charge is 0.254 e. The summed E-state index contributed by atoms with van der Waals surface area (Å²) in [6, 6.07) is 10.4. The highest BCUT2D eigenvalue weighted by atomic mass is 35.5. The summed E-state index contributed by atoms with van der Waals surface area (Å²) in [5.41, 5.74) is 14.6. The van der Waals surface area contributed by atoms with Gasteiger partial charge in [-0.3, -0.25) is 4.79 Å². The predicted molar refractivity (Wildman–Crippen MR) is 154 cm³/mol. The van der Waals surface area contributed by atoms with Gasteiger partial charge in [0.2, 0.25) is 0 Å². The van der Waals surface area contributed by atoms with E-state index < -0.39 is 0 Å². The van der Waals surface area contributed by atoms with Gasteiger partial charge in [-0.25, -0.2) is 4.98 Å². The molecule has 0 aliphatic heterocycles. The van der Waals surface area contributed by atoms with Crippen LogP contribution in [0.1, 0.15) is 69.9 Å². The Morgan fingerprint density at radius 2 is 1.62 bits per heavy atom. The summed E-state index contributed by atoms with van der Waals surface area (Å²) in [5, 5.41) is 0. The minimum Gasteiger partial charge on any atom is -0.352 e. The quantitative estimate of drug-likeness (QED) is 0.311. The molecule has 37 heavy (non-hydrogen) atoms. The van der Waals surface area contributed by atoms with Crippen LogP contribution in [0.2, 0.25) is 4.47 Å². The van der Waals surface area contributed by atoms with Gasteiger partial charge in [0, 0.05) is 61.6 Å². The van der Waals surface area contributed by atoms with E-state index >= 15 is 0 Å². The van der Waals surface area contributed by atoms with Gasteiger partial charge in [-0.1, -0.05) is 24.4 Å². The summed E-state index contributed by atoms with van der Waals surface area (Å²) >= 11 is 7.45. The monoisotopic (exact) mass is 539 g/mol. The average Bonchev–Trinajstić information content (AvgIpc) is 3.64. The van der Waals surface area contributed by atoms with Crippen molar-refractivity contribution in [3.05, 3.63) is 74.3 Å². The van der Waals surface area contributed by atoms with Crippen molar-refractivity contribution >= 4 is 39.1 Å². The maximum atomic E-state index is 13.5. The van der Waals surface area contributed by atoms with Crippen LogP contribution in [0, 0.1) is 27.7 Å². The number of halogens is 1. The molecule has 0 saturated heterocycles. The Hall–Kier alpha value is -2.61. The molecule has 1 aromatic carbocycles. The van der Waals surface area contributed by atoms with Crippen molar-refractivity contribution < 1.29 is 4.79 Å². The molecule has 0 spiro atoms. The molecule has 1 aliphatic rings. The number of fused-ring (bicyclic) bond motifs is 1. The first-order valence-corrected chi connectivity index (χ1v) is 14.1. The number of nitrogens with two attached hydrogens (primary N) is 1. The molecule has 198 valence electrons. The molecule has 2 N–H and O–H groups in total. The third-order valence-electron chi connectivity index (χ3n) is 7.96. The van der Waals surface area contributed by atoms with Crippen LogP contribution < -0.4 is 5.73 Å². The van der Waals surface area contributed by atoms with E-state index in [-0.39, 0.29) is 5.91 Å². The molecule has 4 aromatic rings. The first-order valence-electron chi connectivity index (χ1n) is 12.9.